The third-order valence-corrected chi connectivity index (χ3v) is 10.3. The van der Waals surface area contributed by atoms with Crippen LogP contribution in [0.2, 0.25) is 0 Å². The molecule has 1 unspecified atom stereocenters. The highest BCUT2D eigenvalue weighted by Gasteiger charge is 2.77. The summed E-state index contributed by atoms with van der Waals surface area (Å²) in [6.45, 7) is 7.58. The van der Waals surface area contributed by atoms with Crippen molar-refractivity contribution in [1.82, 2.24) is 0 Å². The first-order valence-corrected chi connectivity index (χ1v) is 13.8. The third-order valence-electron chi connectivity index (χ3n) is 10.3. The van der Waals surface area contributed by atoms with Gasteiger partial charge in [0.2, 0.25) is 0 Å². The smallest absolute Gasteiger partial charge is 0.305 e. The number of allylic oxidation sites excluding steroid dienone is 4. The lowest BCUT2D eigenvalue weighted by Crippen LogP contribution is -2.68. The zero-order chi connectivity index (χ0) is 27.7. The third kappa shape index (κ3) is 3.83. The topological polar surface area (TPSA) is 119 Å². The largest absolute Gasteiger partial charge is 0.481 e. The molecule has 0 bridgehead atoms. The molecule has 0 radical (unpaired) electrons. The SMILES string of the molecule is CC1(C)O[C@@H]2C[C@H]3C4CCC5=CC(=O)C=C[C@]5(C)[C@@]4(F)[C@@H](O)C[C@]3(C)[C@]2(CCOC(=O)CCCC(=O)O)O1. The summed E-state index contributed by atoms with van der Waals surface area (Å²) in [5.74, 6) is -3.08. The van der Waals surface area contributed by atoms with Crippen molar-refractivity contribution < 1.29 is 43.2 Å². The maximum absolute atomic E-state index is 17.4. The molecule has 4 fully saturated rings. The van der Waals surface area contributed by atoms with E-state index in [-0.39, 0.29) is 50.1 Å². The predicted octanol–water partition coefficient (Wildman–Crippen LogP) is 4.05. The minimum atomic E-state index is -1.94. The Morgan fingerprint density at radius 2 is 1.92 bits per heavy atom. The van der Waals surface area contributed by atoms with Crippen molar-refractivity contribution in [3.05, 3.63) is 23.8 Å². The van der Waals surface area contributed by atoms with Gasteiger partial charge in [0.15, 0.2) is 17.2 Å². The quantitative estimate of drug-likeness (QED) is 0.470. The first-order valence-electron chi connectivity index (χ1n) is 13.8. The van der Waals surface area contributed by atoms with E-state index in [9.17, 15) is 19.5 Å². The Balaban J connectivity index is 1.42. The Kier molecular flexibility index (Phi) is 6.48. The van der Waals surface area contributed by atoms with Gasteiger partial charge in [-0.25, -0.2) is 4.39 Å². The zero-order valence-electron chi connectivity index (χ0n) is 22.6. The van der Waals surface area contributed by atoms with Crippen molar-refractivity contribution in [1.29, 1.82) is 0 Å². The highest BCUT2D eigenvalue weighted by atomic mass is 19.1. The number of aliphatic hydroxyl groups is 1. The van der Waals surface area contributed by atoms with Gasteiger partial charge in [0.1, 0.15) is 5.60 Å². The molecule has 3 saturated carbocycles. The van der Waals surface area contributed by atoms with E-state index in [1.54, 1.807) is 13.0 Å². The number of aliphatic hydroxyl groups excluding tert-OH is 1. The summed E-state index contributed by atoms with van der Waals surface area (Å²) in [5, 5.41) is 20.4. The summed E-state index contributed by atoms with van der Waals surface area (Å²) < 4.78 is 35.9. The van der Waals surface area contributed by atoms with E-state index in [0.717, 1.165) is 5.57 Å². The second-order valence-electron chi connectivity index (χ2n) is 12.7. The normalized spacial score (nSPS) is 44.5. The molecule has 0 spiro atoms. The van der Waals surface area contributed by atoms with Crippen LogP contribution in [0.5, 0.6) is 0 Å². The van der Waals surface area contributed by atoms with Crippen LogP contribution >= 0.6 is 0 Å². The Morgan fingerprint density at radius 1 is 1.18 bits per heavy atom. The lowest BCUT2D eigenvalue weighted by Gasteiger charge is -2.63. The molecule has 0 aromatic rings. The van der Waals surface area contributed by atoms with E-state index in [0.29, 0.717) is 25.7 Å². The molecule has 4 aliphatic carbocycles. The van der Waals surface area contributed by atoms with Crippen LogP contribution in [0.4, 0.5) is 4.39 Å². The van der Waals surface area contributed by atoms with E-state index in [1.165, 1.54) is 12.2 Å². The molecular formula is C29H39FO8. The molecule has 1 aliphatic heterocycles. The average Bonchev–Trinajstić information content (AvgIpc) is 3.20. The van der Waals surface area contributed by atoms with E-state index in [1.807, 2.05) is 20.8 Å². The predicted molar refractivity (Wildman–Crippen MR) is 134 cm³/mol. The standard InChI is InChI=1S/C29H39FO8/c1-25(2)37-22-15-20-19-9-8-17-14-18(31)10-11-26(17,3)29(19,30)21(32)16-27(20,4)28(22,38-25)12-13-36-24(35)7-5-6-23(33)34/h10-11,14,19-22,32H,5-9,12-13,15-16H2,1-4H3,(H,33,34)/t19?,20-,21-,22+,26-,27-,28+,29-/m0/s1. The molecule has 0 amide bonds. The Morgan fingerprint density at radius 3 is 2.63 bits per heavy atom. The van der Waals surface area contributed by atoms with Crippen molar-refractivity contribution in [2.75, 3.05) is 6.61 Å². The Labute approximate surface area is 222 Å². The van der Waals surface area contributed by atoms with Crippen LogP contribution < -0.4 is 0 Å². The first kappa shape index (κ1) is 27.5. The fourth-order valence-electron chi connectivity index (χ4n) is 8.67. The fraction of sp³-hybridized carbons (Fsp3) is 0.759. The van der Waals surface area contributed by atoms with Crippen molar-refractivity contribution in [2.45, 2.75) is 108 Å². The molecule has 1 saturated heterocycles. The number of alkyl halides is 1. The van der Waals surface area contributed by atoms with Gasteiger partial charge in [-0.1, -0.05) is 18.6 Å². The van der Waals surface area contributed by atoms with E-state index in [2.05, 4.69) is 0 Å². The summed E-state index contributed by atoms with van der Waals surface area (Å²) in [4.78, 5) is 35.0. The van der Waals surface area contributed by atoms with Crippen molar-refractivity contribution in [3.63, 3.8) is 0 Å². The number of aliphatic carboxylic acids is 1. The van der Waals surface area contributed by atoms with Crippen LogP contribution in [0.25, 0.3) is 0 Å². The molecule has 9 heteroatoms. The van der Waals surface area contributed by atoms with Gasteiger partial charge in [0.25, 0.3) is 0 Å². The van der Waals surface area contributed by atoms with Gasteiger partial charge in [-0.15, -0.1) is 0 Å². The number of carboxylic acid groups (broad SMARTS) is 1. The van der Waals surface area contributed by atoms with E-state index >= 15 is 4.39 Å². The van der Waals surface area contributed by atoms with Gasteiger partial charge >= 0.3 is 11.9 Å². The summed E-state index contributed by atoms with van der Waals surface area (Å²) in [6.07, 6.45) is 5.20. The number of ether oxygens (including phenoxy) is 3. The molecule has 2 N–H and O–H groups in total. The summed E-state index contributed by atoms with van der Waals surface area (Å²) >= 11 is 0. The summed E-state index contributed by atoms with van der Waals surface area (Å²) in [5.41, 5.74) is -3.80. The Hall–Kier alpha value is -2.10. The molecule has 38 heavy (non-hydrogen) atoms. The number of esters is 1. The molecule has 8 nitrogen and oxygen atoms in total. The van der Waals surface area contributed by atoms with Gasteiger partial charge in [0, 0.05) is 36.0 Å². The molecule has 210 valence electrons. The van der Waals surface area contributed by atoms with E-state index < -0.39 is 51.8 Å². The second-order valence-corrected chi connectivity index (χ2v) is 12.7. The van der Waals surface area contributed by atoms with Crippen LogP contribution in [0, 0.1) is 22.7 Å². The lowest BCUT2D eigenvalue weighted by atomic mass is 9.44. The molecule has 5 aliphatic rings. The van der Waals surface area contributed by atoms with Gasteiger partial charge < -0.3 is 24.4 Å². The monoisotopic (exact) mass is 534 g/mol. The molecule has 5 rings (SSSR count). The van der Waals surface area contributed by atoms with Gasteiger partial charge in [-0.2, -0.15) is 0 Å². The van der Waals surface area contributed by atoms with E-state index in [4.69, 9.17) is 19.3 Å². The van der Waals surface area contributed by atoms with Crippen LogP contribution in [-0.4, -0.2) is 63.8 Å². The van der Waals surface area contributed by atoms with Crippen LogP contribution in [0.3, 0.4) is 0 Å². The number of fused-ring (bicyclic) bond motifs is 7. The lowest BCUT2D eigenvalue weighted by molar-refractivity contribution is -0.252. The van der Waals surface area contributed by atoms with Crippen LogP contribution in [0.1, 0.15) is 79.1 Å². The number of carbonyl (C=O) groups is 3. The first-order chi connectivity index (χ1) is 17.7. The van der Waals surface area contributed by atoms with Crippen LogP contribution in [-0.2, 0) is 28.6 Å². The molecule has 8 atom stereocenters. The number of hydrogen-bond acceptors (Lipinski definition) is 7. The van der Waals surface area contributed by atoms with Gasteiger partial charge in [-0.05, 0) is 70.9 Å². The maximum Gasteiger partial charge on any atom is 0.305 e. The molecule has 1 heterocycles. The number of ketones is 1. The van der Waals surface area contributed by atoms with Gasteiger partial charge in [0.05, 0.1) is 18.8 Å². The van der Waals surface area contributed by atoms with Gasteiger partial charge in [-0.3, -0.25) is 14.4 Å². The summed E-state index contributed by atoms with van der Waals surface area (Å²) in [6, 6.07) is 0. The number of carbonyl (C=O) groups excluding carboxylic acids is 2. The highest BCUT2D eigenvalue weighted by molar-refractivity contribution is 6.01. The van der Waals surface area contributed by atoms with Crippen molar-refractivity contribution in [3.8, 4) is 0 Å². The average molecular weight is 535 g/mol. The number of hydrogen-bond donors (Lipinski definition) is 2. The molecular weight excluding hydrogens is 495 g/mol. The number of carboxylic acids is 1. The second kappa shape index (κ2) is 8.96. The highest BCUT2D eigenvalue weighted by Crippen LogP contribution is 2.72. The number of rotatable bonds is 7. The minimum Gasteiger partial charge on any atom is -0.481 e. The van der Waals surface area contributed by atoms with Crippen molar-refractivity contribution in [2.24, 2.45) is 22.7 Å². The number of halogens is 1. The zero-order valence-corrected chi connectivity index (χ0v) is 22.6. The summed E-state index contributed by atoms with van der Waals surface area (Å²) in [7, 11) is 0. The van der Waals surface area contributed by atoms with Crippen molar-refractivity contribution >= 4 is 17.7 Å². The minimum absolute atomic E-state index is 0.0150. The fourth-order valence-corrected chi connectivity index (χ4v) is 8.67. The van der Waals surface area contributed by atoms with Crippen LogP contribution in [0.15, 0.2) is 23.8 Å². The maximum atomic E-state index is 17.4. The molecule has 0 aromatic heterocycles. The Bertz CT molecular complexity index is 1100. The molecule has 0 aromatic carbocycles.